The topological polar surface area (TPSA) is 87.0 Å². The number of ketones is 1. The maximum atomic E-state index is 11.9. The van der Waals surface area contributed by atoms with Crippen LogP contribution >= 0.6 is 0 Å². The van der Waals surface area contributed by atoms with Crippen LogP contribution in [0.4, 0.5) is 0 Å². The van der Waals surface area contributed by atoms with Gasteiger partial charge in [0.25, 0.3) is 0 Å². The second kappa shape index (κ2) is 6.00. The van der Waals surface area contributed by atoms with Crippen molar-refractivity contribution in [2.75, 3.05) is 7.11 Å². The SMILES string of the molecule is COc1ccc(/C=C\C(=O)c2ccc(O)cc2O)cc1O. The van der Waals surface area contributed by atoms with Crippen LogP contribution in [0.2, 0.25) is 0 Å². The Labute approximate surface area is 121 Å². The number of rotatable bonds is 4. The molecular formula is C16H14O5. The van der Waals surface area contributed by atoms with Crippen molar-refractivity contribution >= 4 is 11.9 Å². The van der Waals surface area contributed by atoms with Crippen LogP contribution in [-0.2, 0) is 0 Å². The lowest BCUT2D eigenvalue weighted by atomic mass is 10.1. The predicted molar refractivity (Wildman–Crippen MR) is 77.8 cm³/mol. The van der Waals surface area contributed by atoms with E-state index in [1.165, 1.54) is 37.5 Å². The van der Waals surface area contributed by atoms with Crippen LogP contribution in [0, 0.1) is 0 Å². The molecule has 0 saturated carbocycles. The van der Waals surface area contributed by atoms with Crippen LogP contribution < -0.4 is 4.74 Å². The van der Waals surface area contributed by atoms with Crippen molar-refractivity contribution in [2.24, 2.45) is 0 Å². The maximum absolute atomic E-state index is 11.9. The summed E-state index contributed by atoms with van der Waals surface area (Å²) in [6.45, 7) is 0. The third-order valence-electron chi connectivity index (χ3n) is 2.88. The number of benzene rings is 2. The fraction of sp³-hybridized carbons (Fsp3) is 0.0625. The standard InChI is InChI=1S/C16H14O5/c1-21-16-7-3-10(8-15(16)20)2-6-13(18)12-5-4-11(17)9-14(12)19/h2-9,17,19-20H,1H3/b6-2-. The maximum Gasteiger partial charge on any atom is 0.189 e. The molecule has 0 heterocycles. The van der Waals surface area contributed by atoms with Gasteiger partial charge in [0.05, 0.1) is 12.7 Å². The average Bonchev–Trinajstić information content (AvgIpc) is 2.45. The van der Waals surface area contributed by atoms with Crippen molar-refractivity contribution in [3.05, 3.63) is 53.6 Å². The number of ether oxygens (including phenoxy) is 1. The Hall–Kier alpha value is -2.95. The third-order valence-corrected chi connectivity index (χ3v) is 2.88. The van der Waals surface area contributed by atoms with Gasteiger partial charge in [-0.2, -0.15) is 0 Å². The number of phenols is 3. The van der Waals surface area contributed by atoms with E-state index in [-0.39, 0.29) is 22.8 Å². The van der Waals surface area contributed by atoms with Crippen LogP contribution in [0.3, 0.4) is 0 Å². The number of aromatic hydroxyl groups is 3. The van der Waals surface area contributed by atoms with Crippen LogP contribution in [0.5, 0.6) is 23.0 Å². The molecule has 0 spiro atoms. The van der Waals surface area contributed by atoms with Crippen molar-refractivity contribution in [2.45, 2.75) is 0 Å². The van der Waals surface area contributed by atoms with Gasteiger partial charge in [-0.25, -0.2) is 0 Å². The minimum atomic E-state index is -0.414. The predicted octanol–water partition coefficient (Wildman–Crippen LogP) is 2.71. The van der Waals surface area contributed by atoms with Gasteiger partial charge < -0.3 is 20.1 Å². The minimum absolute atomic E-state index is 0.0282. The minimum Gasteiger partial charge on any atom is -0.508 e. The Morgan fingerprint density at radius 1 is 1.05 bits per heavy atom. The summed E-state index contributed by atoms with van der Waals surface area (Å²) in [5, 5.41) is 28.4. The van der Waals surface area contributed by atoms with E-state index in [1.807, 2.05) is 0 Å². The highest BCUT2D eigenvalue weighted by molar-refractivity contribution is 6.08. The van der Waals surface area contributed by atoms with E-state index < -0.39 is 5.78 Å². The number of phenolic OH excluding ortho intramolecular Hbond substituents is 3. The van der Waals surface area contributed by atoms with Gasteiger partial charge in [0.1, 0.15) is 11.5 Å². The van der Waals surface area contributed by atoms with Crippen molar-refractivity contribution < 1.29 is 24.9 Å². The summed E-state index contributed by atoms with van der Waals surface area (Å²) >= 11 is 0. The molecule has 0 aromatic heterocycles. The summed E-state index contributed by atoms with van der Waals surface area (Å²) < 4.78 is 4.92. The summed E-state index contributed by atoms with van der Waals surface area (Å²) in [5.41, 5.74) is 0.696. The second-order valence-corrected chi connectivity index (χ2v) is 4.33. The lowest BCUT2D eigenvalue weighted by molar-refractivity contribution is 0.104. The fourth-order valence-corrected chi connectivity index (χ4v) is 1.80. The number of allylic oxidation sites excluding steroid dienone is 1. The number of carbonyl (C=O) groups excluding carboxylic acids is 1. The first-order valence-corrected chi connectivity index (χ1v) is 6.12. The van der Waals surface area contributed by atoms with Gasteiger partial charge in [-0.15, -0.1) is 0 Å². The summed E-state index contributed by atoms with van der Waals surface area (Å²) in [7, 11) is 1.45. The van der Waals surface area contributed by atoms with E-state index in [1.54, 1.807) is 12.1 Å². The molecule has 21 heavy (non-hydrogen) atoms. The number of hydrogen-bond acceptors (Lipinski definition) is 5. The second-order valence-electron chi connectivity index (χ2n) is 4.33. The number of methoxy groups -OCH3 is 1. The Bertz CT molecular complexity index is 704. The highest BCUT2D eigenvalue weighted by Crippen LogP contribution is 2.27. The smallest absolute Gasteiger partial charge is 0.189 e. The summed E-state index contributed by atoms with van der Waals surface area (Å²) in [6, 6.07) is 8.47. The van der Waals surface area contributed by atoms with E-state index in [0.717, 1.165) is 6.07 Å². The molecule has 0 aliphatic heterocycles. The van der Waals surface area contributed by atoms with E-state index in [0.29, 0.717) is 11.3 Å². The molecule has 0 atom stereocenters. The number of hydrogen-bond donors (Lipinski definition) is 3. The summed E-state index contributed by atoms with van der Waals surface area (Å²) in [5.74, 6) is -0.507. The van der Waals surface area contributed by atoms with Crippen molar-refractivity contribution in [1.29, 1.82) is 0 Å². The molecule has 108 valence electrons. The largest absolute Gasteiger partial charge is 0.508 e. The first-order chi connectivity index (χ1) is 10.0. The van der Waals surface area contributed by atoms with E-state index in [9.17, 15) is 20.1 Å². The summed E-state index contributed by atoms with van der Waals surface area (Å²) in [6.07, 6.45) is 2.78. The molecule has 3 N–H and O–H groups in total. The molecule has 2 rings (SSSR count). The van der Waals surface area contributed by atoms with Crippen LogP contribution in [-0.4, -0.2) is 28.2 Å². The van der Waals surface area contributed by atoms with Gasteiger partial charge >= 0.3 is 0 Å². The molecular weight excluding hydrogens is 272 g/mol. The molecule has 0 amide bonds. The molecule has 2 aromatic rings. The first kappa shape index (κ1) is 14.5. The average molecular weight is 286 g/mol. The van der Waals surface area contributed by atoms with Crippen molar-refractivity contribution in [1.82, 2.24) is 0 Å². The molecule has 0 unspecified atom stereocenters. The molecule has 2 aromatic carbocycles. The Morgan fingerprint density at radius 3 is 2.43 bits per heavy atom. The molecule has 0 aliphatic rings. The Kier molecular flexibility index (Phi) is 4.13. The number of carbonyl (C=O) groups is 1. The zero-order valence-electron chi connectivity index (χ0n) is 11.3. The van der Waals surface area contributed by atoms with Gasteiger partial charge in [0.2, 0.25) is 0 Å². The monoisotopic (exact) mass is 286 g/mol. The Morgan fingerprint density at radius 2 is 1.81 bits per heavy atom. The van der Waals surface area contributed by atoms with Gasteiger partial charge in [0.15, 0.2) is 17.3 Å². The van der Waals surface area contributed by atoms with Gasteiger partial charge in [-0.3, -0.25) is 4.79 Å². The Balaban J connectivity index is 2.20. The summed E-state index contributed by atoms with van der Waals surface area (Å²) in [4.78, 5) is 11.9. The lowest BCUT2D eigenvalue weighted by Gasteiger charge is -2.03. The van der Waals surface area contributed by atoms with E-state index in [4.69, 9.17) is 4.74 Å². The zero-order chi connectivity index (χ0) is 15.4. The van der Waals surface area contributed by atoms with E-state index >= 15 is 0 Å². The quantitative estimate of drug-likeness (QED) is 0.594. The normalized spacial score (nSPS) is 10.7. The molecule has 5 nitrogen and oxygen atoms in total. The zero-order valence-corrected chi connectivity index (χ0v) is 11.3. The highest BCUT2D eigenvalue weighted by Gasteiger charge is 2.09. The van der Waals surface area contributed by atoms with Gasteiger partial charge in [-0.1, -0.05) is 12.1 Å². The molecule has 0 fully saturated rings. The molecule has 0 radical (unpaired) electrons. The van der Waals surface area contributed by atoms with Crippen LogP contribution in [0.25, 0.3) is 6.08 Å². The van der Waals surface area contributed by atoms with Crippen LogP contribution in [0.1, 0.15) is 15.9 Å². The first-order valence-electron chi connectivity index (χ1n) is 6.12. The lowest BCUT2D eigenvalue weighted by Crippen LogP contribution is -1.94. The van der Waals surface area contributed by atoms with Gasteiger partial charge in [-0.05, 0) is 35.9 Å². The molecule has 0 aliphatic carbocycles. The van der Waals surface area contributed by atoms with Gasteiger partial charge in [0, 0.05) is 6.07 Å². The molecule has 0 bridgehead atoms. The molecule has 5 heteroatoms. The van der Waals surface area contributed by atoms with E-state index in [2.05, 4.69) is 0 Å². The highest BCUT2D eigenvalue weighted by atomic mass is 16.5. The van der Waals surface area contributed by atoms with Crippen molar-refractivity contribution in [3.8, 4) is 23.0 Å². The molecule has 0 saturated heterocycles. The van der Waals surface area contributed by atoms with Crippen molar-refractivity contribution in [3.63, 3.8) is 0 Å². The van der Waals surface area contributed by atoms with Crippen LogP contribution in [0.15, 0.2) is 42.5 Å². The fourth-order valence-electron chi connectivity index (χ4n) is 1.80. The third kappa shape index (κ3) is 3.33.